The topological polar surface area (TPSA) is 38.1 Å². The molecule has 1 heterocycles. The molecule has 0 aliphatic carbocycles. The second-order valence-electron chi connectivity index (χ2n) is 1.93. The normalized spacial score (nSPS) is 11.2. The van der Waals surface area contributed by atoms with Crippen LogP contribution in [-0.4, -0.2) is 16.7 Å². The summed E-state index contributed by atoms with van der Waals surface area (Å²) in [5.74, 6) is 0. The van der Waals surface area contributed by atoms with Gasteiger partial charge >= 0.3 is 0 Å². The second kappa shape index (κ2) is 3.61. The summed E-state index contributed by atoms with van der Waals surface area (Å²) in [6, 6.07) is 1.80. The Morgan fingerprint density at radius 2 is 2.55 bits per heavy atom. The fourth-order valence-corrected chi connectivity index (χ4v) is 0.762. The fourth-order valence-electron chi connectivity index (χ4n) is 0.762. The third kappa shape index (κ3) is 1.70. The van der Waals surface area contributed by atoms with Gasteiger partial charge in [0.25, 0.3) is 0 Å². The highest BCUT2D eigenvalue weighted by Crippen LogP contribution is 2.09. The lowest BCUT2D eigenvalue weighted by Gasteiger charge is -1.96. The average Bonchev–Trinajstić information content (AvgIpc) is 2.09. The van der Waals surface area contributed by atoms with Gasteiger partial charge in [0.05, 0.1) is 11.4 Å². The Bertz CT molecular complexity index is 264. The van der Waals surface area contributed by atoms with Gasteiger partial charge in [-0.25, -0.2) is 9.97 Å². The zero-order chi connectivity index (χ0) is 8.10. The SMILES string of the molecule is C=N/C(=C\C)c1ccncn1. The summed E-state index contributed by atoms with van der Waals surface area (Å²) in [5, 5.41) is 0. The molecule has 0 bridgehead atoms. The molecule has 0 saturated carbocycles. The largest absolute Gasteiger partial charge is 0.263 e. The van der Waals surface area contributed by atoms with Crippen LogP contribution in [0.2, 0.25) is 0 Å². The van der Waals surface area contributed by atoms with Crippen molar-refractivity contribution in [2.75, 3.05) is 0 Å². The highest BCUT2D eigenvalue weighted by atomic mass is 14.9. The number of allylic oxidation sites excluding steroid dienone is 1. The lowest BCUT2D eigenvalue weighted by Crippen LogP contribution is -1.85. The molecule has 11 heavy (non-hydrogen) atoms. The smallest absolute Gasteiger partial charge is 0.116 e. The van der Waals surface area contributed by atoms with E-state index < -0.39 is 0 Å². The van der Waals surface area contributed by atoms with Gasteiger partial charge in [0.1, 0.15) is 6.33 Å². The number of hydrogen-bond donors (Lipinski definition) is 0. The summed E-state index contributed by atoms with van der Waals surface area (Å²) in [6.45, 7) is 5.32. The first kappa shape index (κ1) is 7.60. The van der Waals surface area contributed by atoms with Crippen LogP contribution in [0, 0.1) is 0 Å². The van der Waals surface area contributed by atoms with Crippen LogP contribution in [0.25, 0.3) is 5.70 Å². The van der Waals surface area contributed by atoms with Gasteiger partial charge in [-0.3, -0.25) is 4.99 Å². The number of rotatable bonds is 2. The minimum Gasteiger partial charge on any atom is -0.263 e. The van der Waals surface area contributed by atoms with E-state index in [0.717, 1.165) is 11.4 Å². The number of aliphatic imine (C=N–C) groups is 1. The molecule has 56 valence electrons. The predicted molar refractivity (Wildman–Crippen MR) is 45.2 cm³/mol. The van der Waals surface area contributed by atoms with Gasteiger partial charge in [-0.2, -0.15) is 0 Å². The molecule has 0 aliphatic rings. The van der Waals surface area contributed by atoms with E-state index in [1.807, 2.05) is 13.0 Å². The maximum Gasteiger partial charge on any atom is 0.116 e. The monoisotopic (exact) mass is 147 g/mol. The zero-order valence-corrected chi connectivity index (χ0v) is 6.36. The van der Waals surface area contributed by atoms with Crippen molar-refractivity contribution in [3.63, 3.8) is 0 Å². The van der Waals surface area contributed by atoms with Crippen molar-refractivity contribution in [1.29, 1.82) is 0 Å². The van der Waals surface area contributed by atoms with E-state index in [4.69, 9.17) is 0 Å². The number of nitrogens with zero attached hydrogens (tertiary/aromatic N) is 3. The summed E-state index contributed by atoms with van der Waals surface area (Å²) in [7, 11) is 0. The maximum absolute atomic E-state index is 4.01. The molecular weight excluding hydrogens is 138 g/mol. The molecule has 1 aromatic rings. The molecule has 0 N–H and O–H groups in total. The molecule has 0 radical (unpaired) electrons. The van der Waals surface area contributed by atoms with Crippen LogP contribution in [0.5, 0.6) is 0 Å². The Morgan fingerprint density at radius 1 is 1.73 bits per heavy atom. The van der Waals surface area contributed by atoms with Gasteiger partial charge in [0, 0.05) is 6.20 Å². The lowest BCUT2D eigenvalue weighted by atomic mass is 10.3. The molecule has 0 amide bonds. The molecule has 0 aromatic carbocycles. The Balaban J connectivity index is 3.01. The van der Waals surface area contributed by atoms with E-state index in [1.54, 1.807) is 12.3 Å². The maximum atomic E-state index is 4.01. The van der Waals surface area contributed by atoms with Gasteiger partial charge in [-0.05, 0) is 19.7 Å². The summed E-state index contributed by atoms with van der Waals surface area (Å²) < 4.78 is 0. The van der Waals surface area contributed by atoms with Crippen molar-refractivity contribution in [3.05, 3.63) is 30.4 Å². The van der Waals surface area contributed by atoms with Gasteiger partial charge in [0.2, 0.25) is 0 Å². The summed E-state index contributed by atoms with van der Waals surface area (Å²) >= 11 is 0. The Kier molecular flexibility index (Phi) is 2.49. The van der Waals surface area contributed by atoms with E-state index in [1.165, 1.54) is 6.33 Å². The van der Waals surface area contributed by atoms with Crippen molar-refractivity contribution in [2.24, 2.45) is 4.99 Å². The van der Waals surface area contributed by atoms with Crippen LogP contribution in [-0.2, 0) is 0 Å². The van der Waals surface area contributed by atoms with Gasteiger partial charge in [-0.15, -0.1) is 0 Å². The van der Waals surface area contributed by atoms with E-state index in [-0.39, 0.29) is 0 Å². The highest BCUT2D eigenvalue weighted by molar-refractivity contribution is 5.64. The minimum absolute atomic E-state index is 0.785. The van der Waals surface area contributed by atoms with Crippen molar-refractivity contribution < 1.29 is 0 Å². The molecule has 0 unspecified atom stereocenters. The molecule has 0 aliphatic heterocycles. The van der Waals surface area contributed by atoms with Crippen LogP contribution in [0.3, 0.4) is 0 Å². The minimum atomic E-state index is 0.785. The molecule has 1 aromatic heterocycles. The van der Waals surface area contributed by atoms with Crippen LogP contribution < -0.4 is 0 Å². The summed E-state index contributed by atoms with van der Waals surface area (Å²) in [6.07, 6.45) is 5.02. The first-order valence-electron chi connectivity index (χ1n) is 3.28. The van der Waals surface area contributed by atoms with Gasteiger partial charge in [-0.1, -0.05) is 6.08 Å². The second-order valence-corrected chi connectivity index (χ2v) is 1.93. The molecule has 3 heteroatoms. The van der Waals surface area contributed by atoms with Crippen LogP contribution in [0.4, 0.5) is 0 Å². The molecule has 0 fully saturated rings. The Hall–Kier alpha value is -1.51. The van der Waals surface area contributed by atoms with E-state index in [0.29, 0.717) is 0 Å². The zero-order valence-electron chi connectivity index (χ0n) is 6.36. The molecule has 1 rings (SSSR count). The van der Waals surface area contributed by atoms with Crippen LogP contribution >= 0.6 is 0 Å². The van der Waals surface area contributed by atoms with Gasteiger partial charge in [0.15, 0.2) is 0 Å². The fraction of sp³-hybridized carbons (Fsp3) is 0.125. The Morgan fingerprint density at radius 3 is 3.00 bits per heavy atom. The van der Waals surface area contributed by atoms with E-state index in [2.05, 4.69) is 21.7 Å². The van der Waals surface area contributed by atoms with E-state index in [9.17, 15) is 0 Å². The number of aromatic nitrogens is 2. The standard InChI is InChI=1S/C8H9N3/c1-3-7(9-2)8-4-5-10-6-11-8/h3-6H,2H2,1H3/b7-3-. The molecule has 0 atom stereocenters. The molecule has 3 nitrogen and oxygen atoms in total. The quantitative estimate of drug-likeness (QED) is 0.595. The van der Waals surface area contributed by atoms with E-state index >= 15 is 0 Å². The average molecular weight is 147 g/mol. The summed E-state index contributed by atoms with van der Waals surface area (Å²) in [4.78, 5) is 11.6. The predicted octanol–water partition coefficient (Wildman–Crippen LogP) is 1.54. The van der Waals surface area contributed by atoms with Crippen molar-refractivity contribution in [3.8, 4) is 0 Å². The highest BCUT2D eigenvalue weighted by Gasteiger charge is 1.95. The van der Waals surface area contributed by atoms with Crippen LogP contribution in [0.1, 0.15) is 12.6 Å². The number of hydrogen-bond acceptors (Lipinski definition) is 3. The van der Waals surface area contributed by atoms with Crippen molar-refractivity contribution in [1.82, 2.24) is 9.97 Å². The van der Waals surface area contributed by atoms with Crippen LogP contribution in [0.15, 0.2) is 29.7 Å². The third-order valence-corrected chi connectivity index (χ3v) is 1.29. The third-order valence-electron chi connectivity index (χ3n) is 1.29. The summed E-state index contributed by atoms with van der Waals surface area (Å²) in [5.41, 5.74) is 1.59. The first-order valence-corrected chi connectivity index (χ1v) is 3.28. The van der Waals surface area contributed by atoms with Crippen molar-refractivity contribution in [2.45, 2.75) is 6.92 Å². The molecule has 0 saturated heterocycles. The molecular formula is C8H9N3. The lowest BCUT2D eigenvalue weighted by molar-refractivity contribution is 1.13. The Labute approximate surface area is 65.5 Å². The molecule has 0 spiro atoms. The van der Waals surface area contributed by atoms with Crippen molar-refractivity contribution >= 4 is 12.4 Å². The van der Waals surface area contributed by atoms with Gasteiger partial charge < -0.3 is 0 Å². The first-order chi connectivity index (χ1) is 5.38.